The number of nitrogens with one attached hydrogen (secondary N) is 1. The van der Waals surface area contributed by atoms with Crippen molar-refractivity contribution in [2.24, 2.45) is 0 Å². The minimum Gasteiger partial charge on any atom is -0.481 e. The third-order valence-corrected chi connectivity index (χ3v) is 5.08. The second kappa shape index (κ2) is 8.47. The molecule has 24 heavy (non-hydrogen) atoms. The highest BCUT2D eigenvalue weighted by atomic mass is 19.1. The Morgan fingerprint density at radius 2 is 1.88 bits per heavy atom. The molecular formula is C19H29FN2O2. The van der Waals surface area contributed by atoms with Crippen LogP contribution in [0.2, 0.25) is 0 Å². The SMILES string of the molecule is CC[C@H](Oc1ccc(F)cc1)C(=O)NCC1(N(C)C)CCCCC1. The van der Waals surface area contributed by atoms with Gasteiger partial charge >= 0.3 is 0 Å². The van der Waals surface area contributed by atoms with Crippen LogP contribution in [0.15, 0.2) is 24.3 Å². The van der Waals surface area contributed by atoms with Gasteiger partial charge in [0.1, 0.15) is 11.6 Å². The van der Waals surface area contributed by atoms with Gasteiger partial charge in [0.15, 0.2) is 6.10 Å². The molecule has 5 heteroatoms. The Bertz CT molecular complexity index is 525. The van der Waals surface area contributed by atoms with Crippen LogP contribution in [0.25, 0.3) is 0 Å². The Morgan fingerprint density at radius 1 is 1.25 bits per heavy atom. The van der Waals surface area contributed by atoms with Crippen molar-refractivity contribution < 1.29 is 13.9 Å². The zero-order chi connectivity index (χ0) is 17.6. The number of rotatable bonds is 7. The van der Waals surface area contributed by atoms with Gasteiger partial charge < -0.3 is 15.0 Å². The molecule has 0 aliphatic heterocycles. The van der Waals surface area contributed by atoms with E-state index in [-0.39, 0.29) is 17.3 Å². The average Bonchev–Trinajstić information content (AvgIpc) is 2.60. The summed E-state index contributed by atoms with van der Waals surface area (Å²) >= 11 is 0. The lowest BCUT2D eigenvalue weighted by atomic mass is 9.80. The van der Waals surface area contributed by atoms with Crippen LogP contribution in [-0.4, -0.2) is 43.1 Å². The quantitative estimate of drug-likeness (QED) is 0.830. The smallest absolute Gasteiger partial charge is 0.261 e. The summed E-state index contributed by atoms with van der Waals surface area (Å²) in [5.41, 5.74) is 0.0437. The van der Waals surface area contributed by atoms with E-state index in [0.717, 1.165) is 12.8 Å². The number of halogens is 1. The van der Waals surface area contributed by atoms with Crippen LogP contribution in [0.3, 0.4) is 0 Å². The van der Waals surface area contributed by atoms with Gasteiger partial charge in [0, 0.05) is 12.1 Å². The van der Waals surface area contributed by atoms with Crippen molar-refractivity contribution in [2.75, 3.05) is 20.6 Å². The summed E-state index contributed by atoms with van der Waals surface area (Å²) in [7, 11) is 4.17. The van der Waals surface area contributed by atoms with Crippen LogP contribution >= 0.6 is 0 Å². The van der Waals surface area contributed by atoms with Gasteiger partial charge in [-0.15, -0.1) is 0 Å². The maximum Gasteiger partial charge on any atom is 0.261 e. The molecule has 0 bridgehead atoms. The van der Waals surface area contributed by atoms with Gasteiger partial charge in [-0.25, -0.2) is 4.39 Å². The van der Waals surface area contributed by atoms with E-state index >= 15 is 0 Å². The van der Waals surface area contributed by atoms with Gasteiger partial charge in [-0.3, -0.25) is 4.79 Å². The number of amides is 1. The molecule has 1 aromatic carbocycles. The monoisotopic (exact) mass is 336 g/mol. The molecule has 0 aromatic heterocycles. The zero-order valence-electron chi connectivity index (χ0n) is 15.0. The fraction of sp³-hybridized carbons (Fsp3) is 0.632. The number of carbonyl (C=O) groups is 1. The minimum absolute atomic E-state index is 0.0437. The maximum atomic E-state index is 13.0. The van der Waals surface area contributed by atoms with Crippen molar-refractivity contribution in [1.82, 2.24) is 10.2 Å². The average molecular weight is 336 g/mol. The predicted molar refractivity (Wildman–Crippen MR) is 93.6 cm³/mol. The lowest BCUT2D eigenvalue weighted by Gasteiger charge is -2.43. The molecule has 0 saturated heterocycles. The first-order chi connectivity index (χ1) is 11.5. The first kappa shape index (κ1) is 18.7. The van der Waals surface area contributed by atoms with Gasteiger partial charge in [0.05, 0.1) is 0 Å². The third-order valence-electron chi connectivity index (χ3n) is 5.08. The Labute approximate surface area is 144 Å². The fourth-order valence-electron chi connectivity index (χ4n) is 3.36. The first-order valence-corrected chi connectivity index (χ1v) is 8.84. The molecule has 0 spiro atoms. The summed E-state index contributed by atoms with van der Waals surface area (Å²) < 4.78 is 18.7. The molecule has 0 radical (unpaired) electrons. The number of likely N-dealkylation sites (N-methyl/N-ethyl adjacent to an activating group) is 1. The van der Waals surface area contributed by atoms with Crippen molar-refractivity contribution in [3.8, 4) is 5.75 Å². The standard InChI is InChI=1S/C19H29FN2O2/c1-4-17(24-16-10-8-15(20)9-11-16)18(23)21-14-19(22(2)3)12-6-5-7-13-19/h8-11,17H,4-7,12-14H2,1-3H3,(H,21,23)/t17-/m0/s1. The number of nitrogens with zero attached hydrogens (tertiary/aromatic N) is 1. The topological polar surface area (TPSA) is 41.6 Å². The molecule has 0 unspecified atom stereocenters. The van der Waals surface area contributed by atoms with Crippen molar-refractivity contribution >= 4 is 5.91 Å². The summed E-state index contributed by atoms with van der Waals surface area (Å²) in [5, 5.41) is 3.08. The number of hydrogen-bond donors (Lipinski definition) is 1. The zero-order valence-corrected chi connectivity index (χ0v) is 15.0. The third kappa shape index (κ3) is 4.69. The van der Waals surface area contributed by atoms with Crippen molar-refractivity contribution in [3.63, 3.8) is 0 Å². The molecule has 2 rings (SSSR count). The molecule has 1 aromatic rings. The molecule has 134 valence electrons. The molecule has 1 fully saturated rings. The van der Waals surface area contributed by atoms with Crippen molar-refractivity contribution in [2.45, 2.75) is 57.1 Å². The summed E-state index contributed by atoms with van der Waals surface area (Å²) in [5.74, 6) is 0.0945. The summed E-state index contributed by atoms with van der Waals surface area (Å²) in [6, 6.07) is 5.77. The van der Waals surface area contributed by atoms with Crippen molar-refractivity contribution in [1.29, 1.82) is 0 Å². The normalized spacial score (nSPS) is 18.2. The Morgan fingerprint density at radius 3 is 2.42 bits per heavy atom. The van der Waals surface area contributed by atoms with E-state index in [4.69, 9.17) is 4.74 Å². The van der Waals surface area contributed by atoms with Crippen LogP contribution in [0.4, 0.5) is 4.39 Å². The van der Waals surface area contributed by atoms with E-state index in [0.29, 0.717) is 18.7 Å². The summed E-state index contributed by atoms with van der Waals surface area (Å²) in [6.07, 6.45) is 5.91. The Balaban J connectivity index is 1.94. The van der Waals surface area contributed by atoms with E-state index < -0.39 is 6.10 Å². The first-order valence-electron chi connectivity index (χ1n) is 8.84. The van der Waals surface area contributed by atoms with Crippen LogP contribution < -0.4 is 10.1 Å². The molecule has 1 amide bonds. The number of benzene rings is 1. The van der Waals surface area contributed by atoms with Gasteiger partial charge in [0.25, 0.3) is 5.91 Å². The van der Waals surface area contributed by atoms with Gasteiger partial charge in [0.2, 0.25) is 0 Å². The van der Waals surface area contributed by atoms with Crippen LogP contribution in [-0.2, 0) is 4.79 Å². The van der Waals surface area contributed by atoms with Crippen molar-refractivity contribution in [3.05, 3.63) is 30.1 Å². The number of carbonyl (C=O) groups excluding carboxylic acids is 1. The lowest BCUT2D eigenvalue weighted by molar-refractivity contribution is -0.128. The number of hydrogen-bond acceptors (Lipinski definition) is 3. The van der Waals surface area contributed by atoms with Crippen LogP contribution in [0.1, 0.15) is 45.4 Å². The largest absolute Gasteiger partial charge is 0.481 e. The maximum absolute atomic E-state index is 13.0. The molecule has 0 heterocycles. The summed E-state index contributed by atoms with van der Waals surface area (Å²) in [6.45, 7) is 2.55. The van der Waals surface area contributed by atoms with Gasteiger partial charge in [-0.1, -0.05) is 26.2 Å². The molecule has 1 N–H and O–H groups in total. The fourth-order valence-corrected chi connectivity index (χ4v) is 3.36. The molecule has 4 nitrogen and oxygen atoms in total. The van der Waals surface area contributed by atoms with Gasteiger partial charge in [-0.05, 0) is 57.6 Å². The molecule has 1 aliphatic carbocycles. The highest BCUT2D eigenvalue weighted by Gasteiger charge is 2.35. The van der Waals surface area contributed by atoms with E-state index in [1.807, 2.05) is 6.92 Å². The molecule has 1 saturated carbocycles. The molecule has 1 atom stereocenters. The Hall–Kier alpha value is -1.62. The minimum atomic E-state index is -0.557. The van der Waals surface area contributed by atoms with E-state index in [2.05, 4.69) is 24.3 Å². The highest BCUT2D eigenvalue weighted by Crippen LogP contribution is 2.31. The second-order valence-corrected chi connectivity index (χ2v) is 6.87. The lowest BCUT2D eigenvalue weighted by Crippen LogP contribution is -2.55. The van der Waals surface area contributed by atoms with E-state index in [1.54, 1.807) is 12.1 Å². The summed E-state index contributed by atoms with van der Waals surface area (Å²) in [4.78, 5) is 14.8. The number of ether oxygens (including phenoxy) is 1. The Kier molecular flexibility index (Phi) is 6.60. The van der Waals surface area contributed by atoms with Crippen LogP contribution in [0.5, 0.6) is 5.75 Å². The second-order valence-electron chi connectivity index (χ2n) is 6.87. The van der Waals surface area contributed by atoms with Gasteiger partial charge in [-0.2, -0.15) is 0 Å². The highest BCUT2D eigenvalue weighted by molar-refractivity contribution is 5.81. The predicted octanol–water partition coefficient (Wildman–Crippen LogP) is 3.36. The molecule has 1 aliphatic rings. The van der Waals surface area contributed by atoms with E-state index in [1.165, 1.54) is 31.4 Å². The van der Waals surface area contributed by atoms with E-state index in [9.17, 15) is 9.18 Å². The van der Waals surface area contributed by atoms with Crippen LogP contribution in [0, 0.1) is 5.82 Å². The molecular weight excluding hydrogens is 307 g/mol.